The molecule has 0 radical (unpaired) electrons. The molecule has 3 rings (SSSR count). The number of hydrogen-bond acceptors (Lipinski definition) is 3. The van der Waals surface area contributed by atoms with Gasteiger partial charge in [0.25, 0.3) is 11.8 Å². The highest BCUT2D eigenvalue weighted by Crippen LogP contribution is 2.20. The third kappa shape index (κ3) is 4.46. The zero-order valence-corrected chi connectivity index (χ0v) is 14.2. The molecule has 1 aliphatic rings. The predicted molar refractivity (Wildman–Crippen MR) is 92.0 cm³/mol. The zero-order chi connectivity index (χ0) is 19.4. The minimum atomic E-state index is -1.67. The van der Waals surface area contributed by atoms with Crippen LogP contribution in [0.25, 0.3) is 0 Å². The fourth-order valence-corrected chi connectivity index (χ4v) is 2.73. The summed E-state index contributed by atoms with van der Waals surface area (Å²) in [5, 5.41) is 4.90. The number of carbonyl (C=O) groups excluding carboxylic acids is 2. The van der Waals surface area contributed by atoms with Crippen LogP contribution < -0.4 is 10.6 Å². The molecular formula is C19H17F3N2O3. The van der Waals surface area contributed by atoms with Crippen molar-refractivity contribution in [1.29, 1.82) is 0 Å². The summed E-state index contributed by atoms with van der Waals surface area (Å²) in [4.78, 5) is 24.5. The van der Waals surface area contributed by atoms with Gasteiger partial charge in [0.15, 0.2) is 17.5 Å². The second-order valence-corrected chi connectivity index (χ2v) is 6.10. The molecule has 0 spiro atoms. The maximum absolute atomic E-state index is 13.7. The van der Waals surface area contributed by atoms with Crippen LogP contribution in [0.3, 0.4) is 0 Å². The summed E-state index contributed by atoms with van der Waals surface area (Å²) in [5.74, 6) is -5.65. The van der Waals surface area contributed by atoms with E-state index < -0.39 is 29.0 Å². The fraction of sp³-hybridized carbons (Fsp3) is 0.263. The topological polar surface area (TPSA) is 67.4 Å². The number of hydrogen-bond donors (Lipinski definition) is 2. The summed E-state index contributed by atoms with van der Waals surface area (Å²) in [6.45, 7) is 1.05. The molecule has 2 aromatic carbocycles. The Bertz CT molecular complexity index is 867. The molecule has 1 heterocycles. The number of halogens is 3. The van der Waals surface area contributed by atoms with Gasteiger partial charge in [0.2, 0.25) is 0 Å². The molecule has 8 heteroatoms. The molecule has 1 aliphatic heterocycles. The Labute approximate surface area is 153 Å². The van der Waals surface area contributed by atoms with Crippen molar-refractivity contribution < 1.29 is 27.5 Å². The molecule has 1 atom stereocenters. The van der Waals surface area contributed by atoms with Crippen LogP contribution >= 0.6 is 0 Å². The Morgan fingerprint density at radius 2 is 1.78 bits per heavy atom. The minimum Gasteiger partial charge on any atom is -0.376 e. The number of rotatable bonds is 5. The van der Waals surface area contributed by atoms with Gasteiger partial charge in [0, 0.05) is 24.3 Å². The number of benzene rings is 2. The molecule has 1 saturated heterocycles. The number of amides is 2. The largest absolute Gasteiger partial charge is 0.376 e. The Morgan fingerprint density at radius 1 is 1.04 bits per heavy atom. The highest BCUT2D eigenvalue weighted by molar-refractivity contribution is 6.06. The van der Waals surface area contributed by atoms with E-state index in [2.05, 4.69) is 10.6 Å². The molecule has 1 fully saturated rings. The van der Waals surface area contributed by atoms with E-state index in [4.69, 9.17) is 4.74 Å². The number of anilines is 1. The van der Waals surface area contributed by atoms with Gasteiger partial charge in [-0.3, -0.25) is 9.59 Å². The lowest BCUT2D eigenvalue weighted by Crippen LogP contribution is -2.31. The van der Waals surface area contributed by atoms with Crippen LogP contribution in [-0.4, -0.2) is 31.1 Å². The molecule has 0 saturated carbocycles. The molecule has 142 valence electrons. The van der Waals surface area contributed by atoms with Crippen molar-refractivity contribution >= 4 is 17.5 Å². The normalized spacial score (nSPS) is 16.2. The SMILES string of the molecule is O=C(NCC1CCCO1)c1cccc(C(=O)Nc2ccc(F)c(F)c2F)c1. The van der Waals surface area contributed by atoms with E-state index in [1.807, 2.05) is 0 Å². The van der Waals surface area contributed by atoms with Gasteiger partial charge in [-0.25, -0.2) is 13.2 Å². The summed E-state index contributed by atoms with van der Waals surface area (Å²) in [6, 6.07) is 7.41. The fourth-order valence-electron chi connectivity index (χ4n) is 2.73. The Morgan fingerprint density at radius 3 is 2.48 bits per heavy atom. The summed E-state index contributed by atoms with van der Waals surface area (Å²) in [7, 11) is 0. The molecular weight excluding hydrogens is 361 g/mol. The van der Waals surface area contributed by atoms with Crippen LogP contribution in [0.1, 0.15) is 33.6 Å². The van der Waals surface area contributed by atoms with Crippen LogP contribution in [0.2, 0.25) is 0 Å². The molecule has 1 unspecified atom stereocenters. The van der Waals surface area contributed by atoms with Crippen molar-refractivity contribution in [2.75, 3.05) is 18.5 Å². The van der Waals surface area contributed by atoms with Crippen LogP contribution in [-0.2, 0) is 4.74 Å². The smallest absolute Gasteiger partial charge is 0.255 e. The lowest BCUT2D eigenvalue weighted by molar-refractivity contribution is 0.0858. The van der Waals surface area contributed by atoms with Crippen molar-refractivity contribution in [3.8, 4) is 0 Å². The molecule has 0 aliphatic carbocycles. The van der Waals surface area contributed by atoms with E-state index in [0.717, 1.165) is 18.9 Å². The maximum atomic E-state index is 13.7. The average molecular weight is 378 g/mol. The van der Waals surface area contributed by atoms with Gasteiger partial charge in [-0.1, -0.05) is 6.07 Å². The Hall–Kier alpha value is -2.87. The van der Waals surface area contributed by atoms with Crippen molar-refractivity contribution in [3.05, 3.63) is 65.0 Å². The molecule has 5 nitrogen and oxygen atoms in total. The number of carbonyl (C=O) groups is 2. The maximum Gasteiger partial charge on any atom is 0.255 e. The van der Waals surface area contributed by atoms with E-state index in [9.17, 15) is 22.8 Å². The Balaban J connectivity index is 1.68. The standard InChI is InChI=1S/C19H17F3N2O3/c20-14-6-7-15(17(22)16(14)21)24-19(26)12-4-1-3-11(9-12)18(25)23-10-13-5-2-8-27-13/h1,3-4,6-7,9,13H,2,5,8,10H2,(H,23,25)(H,24,26). The first kappa shape index (κ1) is 18.9. The highest BCUT2D eigenvalue weighted by atomic mass is 19.2. The predicted octanol–water partition coefficient (Wildman–Crippen LogP) is 3.27. The third-order valence-corrected chi connectivity index (χ3v) is 4.18. The van der Waals surface area contributed by atoms with Gasteiger partial charge in [0.05, 0.1) is 11.8 Å². The molecule has 0 bridgehead atoms. The molecule has 2 amide bonds. The molecule has 2 aromatic rings. The van der Waals surface area contributed by atoms with Gasteiger partial charge in [-0.05, 0) is 43.2 Å². The van der Waals surface area contributed by atoms with Gasteiger partial charge in [-0.2, -0.15) is 0 Å². The van der Waals surface area contributed by atoms with Crippen LogP contribution in [0.5, 0.6) is 0 Å². The second-order valence-electron chi connectivity index (χ2n) is 6.10. The van der Waals surface area contributed by atoms with Gasteiger partial charge in [-0.15, -0.1) is 0 Å². The molecule has 2 N–H and O–H groups in total. The van der Waals surface area contributed by atoms with Crippen molar-refractivity contribution in [2.24, 2.45) is 0 Å². The lowest BCUT2D eigenvalue weighted by atomic mass is 10.1. The van der Waals surface area contributed by atoms with E-state index in [0.29, 0.717) is 19.2 Å². The summed E-state index contributed by atoms with van der Waals surface area (Å²) >= 11 is 0. The first-order valence-electron chi connectivity index (χ1n) is 8.40. The first-order valence-corrected chi connectivity index (χ1v) is 8.40. The first-order chi connectivity index (χ1) is 13.0. The lowest BCUT2D eigenvalue weighted by Gasteiger charge is -2.11. The minimum absolute atomic E-state index is 0.0169. The quantitative estimate of drug-likeness (QED) is 0.785. The van der Waals surface area contributed by atoms with Crippen LogP contribution in [0, 0.1) is 17.5 Å². The van der Waals surface area contributed by atoms with E-state index >= 15 is 0 Å². The summed E-state index contributed by atoms with van der Waals surface area (Å²) < 4.78 is 45.3. The number of ether oxygens (including phenoxy) is 1. The summed E-state index contributed by atoms with van der Waals surface area (Å²) in [5.41, 5.74) is -0.178. The van der Waals surface area contributed by atoms with E-state index in [1.54, 1.807) is 0 Å². The zero-order valence-electron chi connectivity index (χ0n) is 14.2. The monoisotopic (exact) mass is 378 g/mol. The second kappa shape index (κ2) is 8.22. The van der Waals surface area contributed by atoms with Crippen LogP contribution in [0.4, 0.5) is 18.9 Å². The van der Waals surface area contributed by atoms with E-state index in [-0.39, 0.29) is 23.1 Å². The highest BCUT2D eigenvalue weighted by Gasteiger charge is 2.18. The molecule has 27 heavy (non-hydrogen) atoms. The van der Waals surface area contributed by atoms with Crippen molar-refractivity contribution in [2.45, 2.75) is 18.9 Å². The van der Waals surface area contributed by atoms with Crippen molar-refractivity contribution in [1.82, 2.24) is 5.32 Å². The van der Waals surface area contributed by atoms with Crippen LogP contribution in [0.15, 0.2) is 36.4 Å². The van der Waals surface area contributed by atoms with Gasteiger partial charge >= 0.3 is 0 Å². The number of nitrogens with one attached hydrogen (secondary N) is 2. The molecule has 0 aromatic heterocycles. The van der Waals surface area contributed by atoms with Crippen molar-refractivity contribution in [3.63, 3.8) is 0 Å². The third-order valence-electron chi connectivity index (χ3n) is 4.18. The van der Waals surface area contributed by atoms with Gasteiger partial charge in [0.1, 0.15) is 0 Å². The van der Waals surface area contributed by atoms with Gasteiger partial charge < -0.3 is 15.4 Å². The summed E-state index contributed by atoms with van der Waals surface area (Å²) in [6.07, 6.45) is 1.82. The average Bonchev–Trinajstić information content (AvgIpc) is 3.20. The Kier molecular flexibility index (Phi) is 5.75. The van der Waals surface area contributed by atoms with E-state index in [1.165, 1.54) is 24.3 Å².